The lowest BCUT2D eigenvalue weighted by atomic mass is 9.73. The minimum absolute atomic E-state index is 0.133. The van der Waals surface area contributed by atoms with Crippen LogP contribution in [-0.4, -0.2) is 13.7 Å². The number of hydrogen-bond acceptors (Lipinski definition) is 2. The highest BCUT2D eigenvalue weighted by Crippen LogP contribution is 2.47. The van der Waals surface area contributed by atoms with E-state index in [-0.39, 0.29) is 11.8 Å². The van der Waals surface area contributed by atoms with E-state index >= 15 is 0 Å². The van der Waals surface area contributed by atoms with Gasteiger partial charge in [-0.15, -0.1) is 0 Å². The fourth-order valence-corrected chi connectivity index (χ4v) is 4.34. The van der Waals surface area contributed by atoms with E-state index in [1.165, 1.54) is 5.56 Å². The van der Waals surface area contributed by atoms with Crippen molar-refractivity contribution in [1.82, 2.24) is 0 Å². The molecule has 0 radical (unpaired) electrons. The summed E-state index contributed by atoms with van der Waals surface area (Å²) in [7, 11) is 1.71. The topological polar surface area (TPSA) is 21.3 Å². The number of ether oxygens (including phenoxy) is 1. The summed E-state index contributed by atoms with van der Waals surface area (Å²) in [6.45, 7) is 0.845. The van der Waals surface area contributed by atoms with Crippen molar-refractivity contribution >= 4 is 28.9 Å². The molecule has 0 spiro atoms. The summed E-state index contributed by atoms with van der Waals surface area (Å²) >= 11 is 12.9. The lowest BCUT2D eigenvalue weighted by Gasteiger charge is -2.31. The van der Waals surface area contributed by atoms with Gasteiger partial charge in [0.05, 0.1) is 7.11 Å². The molecule has 2 aliphatic rings. The van der Waals surface area contributed by atoms with Gasteiger partial charge in [-0.2, -0.15) is 0 Å². The van der Waals surface area contributed by atoms with Crippen LogP contribution in [0.5, 0.6) is 0 Å². The second-order valence-electron chi connectivity index (χ2n) is 6.49. The molecular weight excluding hydrogens is 353 g/mol. The normalized spacial score (nSPS) is 24.4. The number of anilines is 1. The fraction of sp³-hybridized carbons (Fsp3) is 0.238. The van der Waals surface area contributed by atoms with Gasteiger partial charge in [-0.25, -0.2) is 0 Å². The second kappa shape index (κ2) is 6.78. The Hall–Kier alpha value is -1.90. The molecule has 1 aliphatic carbocycles. The Labute approximate surface area is 158 Å². The van der Waals surface area contributed by atoms with Crippen LogP contribution in [0.15, 0.2) is 66.5 Å². The number of allylic oxidation sites excluding steroid dienone is 2. The van der Waals surface area contributed by atoms with Crippen molar-refractivity contribution in [2.75, 3.05) is 19.0 Å². The van der Waals surface area contributed by atoms with Crippen LogP contribution in [0.3, 0.4) is 0 Å². The molecule has 1 heterocycles. The van der Waals surface area contributed by atoms with Gasteiger partial charge in [0.2, 0.25) is 0 Å². The van der Waals surface area contributed by atoms with Crippen LogP contribution < -0.4 is 5.32 Å². The molecular formula is C21H19Cl2NO. The molecule has 128 valence electrons. The number of halogens is 2. The molecule has 2 aromatic rings. The lowest BCUT2D eigenvalue weighted by molar-refractivity contribution is 0.292. The number of fused-ring (bicyclic) bond motifs is 2. The van der Waals surface area contributed by atoms with Gasteiger partial charge in [-0.05, 0) is 53.5 Å². The van der Waals surface area contributed by atoms with Crippen LogP contribution in [0.25, 0.3) is 0 Å². The molecule has 0 saturated carbocycles. The molecule has 0 saturated heterocycles. The highest BCUT2D eigenvalue weighted by atomic mass is 35.5. The Bertz CT molecular complexity index is 859. The predicted molar refractivity (Wildman–Crippen MR) is 104 cm³/mol. The Morgan fingerprint density at radius 3 is 2.72 bits per heavy atom. The molecule has 0 amide bonds. The molecule has 4 heteroatoms. The maximum atomic E-state index is 6.59. The summed E-state index contributed by atoms with van der Waals surface area (Å²) in [6, 6.07) is 14.1. The summed E-state index contributed by atoms with van der Waals surface area (Å²) in [5.41, 5.74) is 3.43. The van der Waals surface area contributed by atoms with E-state index in [0.29, 0.717) is 5.92 Å². The fourth-order valence-electron chi connectivity index (χ4n) is 3.90. The minimum atomic E-state index is 0.133. The molecule has 0 aromatic heterocycles. The Balaban J connectivity index is 1.90. The number of methoxy groups -OCH3 is 1. The summed E-state index contributed by atoms with van der Waals surface area (Å²) in [6.07, 6.45) is 6.50. The first-order valence-electron chi connectivity index (χ1n) is 8.39. The van der Waals surface area contributed by atoms with E-state index in [4.69, 9.17) is 27.9 Å². The summed E-state index contributed by atoms with van der Waals surface area (Å²) in [5, 5.41) is 5.11. The SMILES string of the molecule is COC1=CC2CNc3ccc(Cl)cc3C(c3ccccc3Cl)C2C=C1. The first-order chi connectivity index (χ1) is 12.2. The Morgan fingerprint density at radius 1 is 1.08 bits per heavy atom. The van der Waals surface area contributed by atoms with Gasteiger partial charge in [-0.3, -0.25) is 0 Å². The standard InChI is InChI=1S/C21H19Cl2NO/c1-25-15-7-8-16-13(10-15)12-24-20-9-6-14(22)11-18(20)21(16)17-4-2-3-5-19(17)23/h2-11,13,16,21,24H,12H2,1H3. The van der Waals surface area contributed by atoms with Gasteiger partial charge in [0.25, 0.3) is 0 Å². The van der Waals surface area contributed by atoms with Gasteiger partial charge in [-0.1, -0.05) is 47.5 Å². The first-order valence-corrected chi connectivity index (χ1v) is 9.14. The molecule has 4 rings (SSSR count). The van der Waals surface area contributed by atoms with Crippen molar-refractivity contribution < 1.29 is 4.74 Å². The molecule has 2 aromatic carbocycles. The number of hydrogen-bond donors (Lipinski definition) is 1. The molecule has 0 fully saturated rings. The monoisotopic (exact) mass is 371 g/mol. The van der Waals surface area contributed by atoms with Crippen molar-refractivity contribution in [3.8, 4) is 0 Å². The van der Waals surface area contributed by atoms with Crippen molar-refractivity contribution in [2.45, 2.75) is 5.92 Å². The highest BCUT2D eigenvalue weighted by Gasteiger charge is 2.36. The van der Waals surface area contributed by atoms with E-state index in [0.717, 1.165) is 33.6 Å². The van der Waals surface area contributed by atoms with Crippen LogP contribution in [0.4, 0.5) is 5.69 Å². The third-order valence-corrected chi connectivity index (χ3v) is 5.67. The van der Waals surface area contributed by atoms with E-state index in [2.05, 4.69) is 41.7 Å². The number of rotatable bonds is 2. The lowest BCUT2D eigenvalue weighted by Crippen LogP contribution is -2.25. The van der Waals surface area contributed by atoms with E-state index < -0.39 is 0 Å². The van der Waals surface area contributed by atoms with Crippen molar-refractivity contribution in [2.24, 2.45) is 11.8 Å². The number of nitrogens with one attached hydrogen (secondary N) is 1. The van der Waals surface area contributed by atoms with E-state index in [9.17, 15) is 0 Å². The van der Waals surface area contributed by atoms with Crippen molar-refractivity contribution in [3.63, 3.8) is 0 Å². The molecule has 2 nitrogen and oxygen atoms in total. The van der Waals surface area contributed by atoms with Crippen LogP contribution in [0.1, 0.15) is 17.0 Å². The van der Waals surface area contributed by atoms with Crippen molar-refractivity contribution in [1.29, 1.82) is 0 Å². The average Bonchev–Trinajstić information content (AvgIpc) is 2.78. The smallest absolute Gasteiger partial charge is 0.114 e. The zero-order valence-electron chi connectivity index (χ0n) is 13.9. The molecule has 3 unspecified atom stereocenters. The third kappa shape index (κ3) is 3.05. The van der Waals surface area contributed by atoms with Crippen LogP contribution in [0.2, 0.25) is 10.0 Å². The number of benzene rings is 2. The molecule has 25 heavy (non-hydrogen) atoms. The van der Waals surface area contributed by atoms with Gasteiger partial charge in [0, 0.05) is 34.1 Å². The molecule has 0 bridgehead atoms. The summed E-state index contributed by atoms with van der Waals surface area (Å²) in [5.74, 6) is 1.64. The molecule has 1 N–H and O–H groups in total. The largest absolute Gasteiger partial charge is 0.497 e. The first kappa shape index (κ1) is 16.6. The molecule has 1 aliphatic heterocycles. The Kier molecular flexibility index (Phi) is 4.49. The van der Waals surface area contributed by atoms with Gasteiger partial charge in [0.15, 0.2) is 0 Å². The van der Waals surface area contributed by atoms with Crippen LogP contribution in [0, 0.1) is 11.8 Å². The maximum absolute atomic E-state index is 6.59. The van der Waals surface area contributed by atoms with Gasteiger partial charge >= 0.3 is 0 Å². The van der Waals surface area contributed by atoms with E-state index in [1.807, 2.05) is 24.3 Å². The summed E-state index contributed by atoms with van der Waals surface area (Å²) < 4.78 is 5.44. The second-order valence-corrected chi connectivity index (χ2v) is 7.33. The Morgan fingerprint density at radius 2 is 1.92 bits per heavy atom. The maximum Gasteiger partial charge on any atom is 0.114 e. The zero-order chi connectivity index (χ0) is 17.4. The van der Waals surface area contributed by atoms with E-state index in [1.54, 1.807) is 7.11 Å². The summed E-state index contributed by atoms with van der Waals surface area (Å²) in [4.78, 5) is 0. The van der Waals surface area contributed by atoms with Gasteiger partial charge in [0.1, 0.15) is 5.76 Å². The zero-order valence-corrected chi connectivity index (χ0v) is 15.4. The van der Waals surface area contributed by atoms with Crippen LogP contribution in [-0.2, 0) is 4.74 Å². The third-order valence-electron chi connectivity index (χ3n) is 5.09. The quantitative estimate of drug-likeness (QED) is 0.710. The predicted octanol–water partition coefficient (Wildman–Crippen LogP) is 5.88. The van der Waals surface area contributed by atoms with Gasteiger partial charge < -0.3 is 10.1 Å². The highest BCUT2D eigenvalue weighted by molar-refractivity contribution is 6.31. The molecule has 3 atom stereocenters. The minimum Gasteiger partial charge on any atom is -0.497 e. The van der Waals surface area contributed by atoms with Crippen LogP contribution >= 0.6 is 23.2 Å². The van der Waals surface area contributed by atoms with Crippen molar-refractivity contribution in [3.05, 3.63) is 87.6 Å². The average molecular weight is 372 g/mol.